The van der Waals surface area contributed by atoms with Gasteiger partial charge in [0.05, 0.1) is 0 Å². The van der Waals surface area contributed by atoms with Crippen molar-refractivity contribution in [3.8, 4) is 0 Å². The zero-order valence-electron chi connectivity index (χ0n) is 11.4. The van der Waals surface area contributed by atoms with Crippen LogP contribution in [0.15, 0.2) is 60.7 Å². The van der Waals surface area contributed by atoms with Crippen molar-refractivity contribution in [2.75, 3.05) is 0 Å². The highest BCUT2D eigenvalue weighted by Crippen LogP contribution is 2.62. The van der Waals surface area contributed by atoms with E-state index in [-0.39, 0.29) is 0 Å². The van der Waals surface area contributed by atoms with Gasteiger partial charge >= 0.3 is 7.60 Å². The van der Waals surface area contributed by atoms with Gasteiger partial charge in [-0.05, 0) is 17.5 Å². The molecule has 0 unspecified atom stereocenters. The lowest BCUT2D eigenvalue weighted by Crippen LogP contribution is -2.27. The average molecular weight is 306 g/mol. The van der Waals surface area contributed by atoms with Crippen molar-refractivity contribution in [2.45, 2.75) is 17.6 Å². The molecule has 0 amide bonds. The van der Waals surface area contributed by atoms with Gasteiger partial charge in [0.1, 0.15) is 5.16 Å². The van der Waals surface area contributed by atoms with Gasteiger partial charge < -0.3 is 9.79 Å². The Balaban J connectivity index is 2.74. The molecular formula is C15H19O3PSi. The maximum absolute atomic E-state index is 12.4. The molecule has 0 aliphatic rings. The summed E-state index contributed by atoms with van der Waals surface area (Å²) >= 11 is 0. The van der Waals surface area contributed by atoms with Crippen LogP contribution < -0.4 is 0 Å². The van der Waals surface area contributed by atoms with Crippen molar-refractivity contribution in [3.63, 3.8) is 0 Å². The van der Waals surface area contributed by atoms with Gasteiger partial charge in [-0.25, -0.2) is 0 Å². The third-order valence-corrected chi connectivity index (χ3v) is 5.85. The molecule has 106 valence electrons. The van der Waals surface area contributed by atoms with E-state index in [1.165, 1.54) is 0 Å². The fourth-order valence-electron chi connectivity index (χ4n) is 2.73. The predicted molar refractivity (Wildman–Crippen MR) is 85.1 cm³/mol. The molecule has 3 nitrogen and oxygen atoms in total. The Hall–Kier alpha value is -1.19. The van der Waals surface area contributed by atoms with Crippen LogP contribution in [0.4, 0.5) is 0 Å². The van der Waals surface area contributed by atoms with Crippen LogP contribution >= 0.6 is 7.60 Å². The topological polar surface area (TPSA) is 57.5 Å². The SMILES string of the molecule is O=P(O)(O)C(CC[SiH3])(c1ccccc1)c1ccccc1. The maximum atomic E-state index is 12.4. The van der Waals surface area contributed by atoms with Crippen LogP contribution in [0, 0.1) is 0 Å². The largest absolute Gasteiger partial charge is 0.340 e. The van der Waals surface area contributed by atoms with Crippen LogP contribution in [-0.4, -0.2) is 20.0 Å². The smallest absolute Gasteiger partial charge is 0.324 e. The van der Waals surface area contributed by atoms with E-state index in [9.17, 15) is 14.4 Å². The monoisotopic (exact) mass is 306 g/mol. The molecule has 5 heteroatoms. The standard InChI is InChI=1S/C15H19O3PSi/c16-19(17,18)15(11-12-20,13-7-3-1-4-8-13)14-9-5-2-6-10-14/h1-10H,11-12H2,20H3,(H2,16,17,18). The molecule has 0 aliphatic carbocycles. The summed E-state index contributed by atoms with van der Waals surface area (Å²) < 4.78 is 12.4. The Bertz CT molecular complexity index is 556. The lowest BCUT2D eigenvalue weighted by atomic mass is 9.88. The summed E-state index contributed by atoms with van der Waals surface area (Å²) in [6, 6.07) is 19.1. The molecule has 20 heavy (non-hydrogen) atoms. The lowest BCUT2D eigenvalue weighted by molar-refractivity contribution is 0.335. The van der Waals surface area contributed by atoms with E-state index >= 15 is 0 Å². The minimum atomic E-state index is -4.34. The average Bonchev–Trinajstić information content (AvgIpc) is 2.45. The van der Waals surface area contributed by atoms with Gasteiger partial charge in [0, 0.05) is 10.2 Å². The van der Waals surface area contributed by atoms with Gasteiger partial charge in [0.15, 0.2) is 0 Å². The first-order chi connectivity index (χ1) is 9.52. The van der Waals surface area contributed by atoms with Crippen LogP contribution in [0.3, 0.4) is 0 Å². The molecule has 2 N–H and O–H groups in total. The van der Waals surface area contributed by atoms with Crippen LogP contribution in [0.1, 0.15) is 17.5 Å². The van der Waals surface area contributed by atoms with Crippen LogP contribution in [-0.2, 0) is 9.72 Å². The molecule has 0 aliphatic heterocycles. The Kier molecular flexibility index (Phi) is 4.61. The van der Waals surface area contributed by atoms with Crippen molar-refractivity contribution < 1.29 is 14.4 Å². The molecule has 0 spiro atoms. The van der Waals surface area contributed by atoms with E-state index < -0.39 is 12.8 Å². The van der Waals surface area contributed by atoms with Gasteiger partial charge in [0.25, 0.3) is 0 Å². The van der Waals surface area contributed by atoms with Crippen molar-refractivity contribution >= 4 is 17.8 Å². The van der Waals surface area contributed by atoms with Crippen molar-refractivity contribution in [2.24, 2.45) is 0 Å². The first kappa shape index (κ1) is 15.2. The molecule has 2 aromatic carbocycles. The Morgan fingerprint density at radius 2 is 1.30 bits per heavy atom. The Morgan fingerprint density at radius 1 is 0.900 bits per heavy atom. The summed E-state index contributed by atoms with van der Waals surface area (Å²) in [6.07, 6.45) is 0.470. The molecule has 2 rings (SSSR count). The second-order valence-corrected chi connectivity index (χ2v) is 7.74. The molecule has 0 saturated heterocycles. The third kappa shape index (κ3) is 2.65. The van der Waals surface area contributed by atoms with Gasteiger partial charge in [-0.1, -0.05) is 66.7 Å². The third-order valence-electron chi connectivity index (χ3n) is 3.61. The molecule has 0 radical (unpaired) electrons. The summed E-state index contributed by atoms with van der Waals surface area (Å²) in [5, 5.41) is -1.22. The van der Waals surface area contributed by atoms with E-state index in [1.54, 1.807) is 0 Å². The maximum Gasteiger partial charge on any atom is 0.340 e. The minimum Gasteiger partial charge on any atom is -0.324 e. The second-order valence-electron chi connectivity index (χ2n) is 4.89. The first-order valence-corrected chi connectivity index (χ1v) is 9.71. The highest BCUT2D eigenvalue weighted by Gasteiger charge is 2.48. The summed E-state index contributed by atoms with van der Waals surface area (Å²) in [4.78, 5) is 20.2. The van der Waals surface area contributed by atoms with Crippen LogP contribution in [0.5, 0.6) is 0 Å². The normalized spacial score (nSPS) is 12.5. The lowest BCUT2D eigenvalue weighted by Gasteiger charge is -2.35. The second kappa shape index (κ2) is 6.06. The number of rotatable bonds is 5. The molecule has 0 heterocycles. The fourth-order valence-corrected chi connectivity index (χ4v) is 5.38. The highest BCUT2D eigenvalue weighted by molar-refractivity contribution is 7.53. The van der Waals surface area contributed by atoms with Gasteiger partial charge in [-0.2, -0.15) is 0 Å². The molecular weight excluding hydrogens is 287 g/mol. The quantitative estimate of drug-likeness (QED) is 0.658. The zero-order valence-corrected chi connectivity index (χ0v) is 14.3. The van der Waals surface area contributed by atoms with Gasteiger partial charge in [0.2, 0.25) is 0 Å². The van der Waals surface area contributed by atoms with Crippen LogP contribution in [0.2, 0.25) is 6.04 Å². The Morgan fingerprint density at radius 3 is 1.60 bits per heavy atom. The number of benzene rings is 2. The van der Waals surface area contributed by atoms with Crippen LogP contribution in [0.25, 0.3) is 0 Å². The molecule has 2 aromatic rings. The fraction of sp³-hybridized carbons (Fsp3) is 0.200. The summed E-state index contributed by atoms with van der Waals surface area (Å²) in [6.45, 7) is 0. The van der Waals surface area contributed by atoms with Gasteiger partial charge in [-0.3, -0.25) is 4.57 Å². The summed E-state index contributed by atoms with van der Waals surface area (Å²) in [7, 11) is -3.43. The van der Waals surface area contributed by atoms with E-state index in [0.29, 0.717) is 17.5 Å². The summed E-state index contributed by atoms with van der Waals surface area (Å²) in [5.41, 5.74) is 1.38. The number of hydrogen-bond donors (Lipinski definition) is 2. The molecule has 0 saturated carbocycles. The molecule has 0 bridgehead atoms. The van der Waals surface area contributed by atoms with E-state index in [0.717, 1.165) is 16.3 Å². The number of hydrogen-bond acceptors (Lipinski definition) is 1. The molecule has 0 fully saturated rings. The molecule has 0 atom stereocenters. The van der Waals surface area contributed by atoms with E-state index in [2.05, 4.69) is 0 Å². The summed E-state index contributed by atoms with van der Waals surface area (Å²) in [5.74, 6) is 0. The Labute approximate surface area is 122 Å². The van der Waals surface area contributed by atoms with Crippen molar-refractivity contribution in [3.05, 3.63) is 71.8 Å². The minimum absolute atomic E-state index is 0.470. The van der Waals surface area contributed by atoms with E-state index in [1.807, 2.05) is 60.7 Å². The molecule has 0 aromatic heterocycles. The van der Waals surface area contributed by atoms with Gasteiger partial charge in [-0.15, -0.1) is 0 Å². The van der Waals surface area contributed by atoms with Crippen molar-refractivity contribution in [1.82, 2.24) is 0 Å². The highest BCUT2D eigenvalue weighted by atomic mass is 31.2. The van der Waals surface area contributed by atoms with Crippen molar-refractivity contribution in [1.29, 1.82) is 0 Å². The van der Waals surface area contributed by atoms with E-state index in [4.69, 9.17) is 0 Å². The first-order valence-electron chi connectivity index (χ1n) is 6.69. The zero-order chi connectivity index (χ0) is 14.6. The predicted octanol–water partition coefficient (Wildman–Crippen LogP) is 2.28.